The van der Waals surface area contributed by atoms with Gasteiger partial charge in [0.15, 0.2) is 5.56 Å². The number of halogens is 4. The van der Waals surface area contributed by atoms with Gasteiger partial charge < -0.3 is 21.7 Å². The van der Waals surface area contributed by atoms with Crippen molar-refractivity contribution in [1.29, 1.82) is 0 Å². The van der Waals surface area contributed by atoms with Gasteiger partial charge in [-0.1, -0.05) is 24.3 Å². The lowest BCUT2D eigenvalue weighted by atomic mass is 9.94. The van der Waals surface area contributed by atoms with Crippen molar-refractivity contribution in [3.63, 3.8) is 0 Å². The molecule has 11 heteroatoms. The molecule has 0 aliphatic rings. The van der Waals surface area contributed by atoms with Crippen LogP contribution in [0.3, 0.4) is 0 Å². The van der Waals surface area contributed by atoms with Crippen molar-refractivity contribution >= 4 is 34.1 Å². The molecule has 0 saturated heterocycles. The number of benzene rings is 3. The third kappa shape index (κ3) is 6.13. The average Bonchev–Trinajstić information content (AvgIpc) is 2.94. The fourth-order valence-corrected chi connectivity index (χ4v) is 4.18. The van der Waals surface area contributed by atoms with E-state index in [0.29, 0.717) is 25.1 Å². The van der Waals surface area contributed by atoms with Crippen LogP contribution < -0.4 is 26.7 Å². The number of aromatic nitrogens is 1. The summed E-state index contributed by atoms with van der Waals surface area (Å²) in [6.45, 7) is 0.738. The van der Waals surface area contributed by atoms with E-state index in [1.807, 2.05) is 0 Å². The SMILES string of the molecule is CNC(=O)c1c#[n+]c2cc(C(F)(F)F)c(-c3ccc(C(=O)NCCCCN)c(F)c3)cc2c1Nc1ccccc1. The first-order chi connectivity index (χ1) is 19.1. The number of nitrogens with two attached hydrogens (primary N) is 1. The van der Waals surface area contributed by atoms with Crippen LogP contribution in [0.2, 0.25) is 0 Å². The van der Waals surface area contributed by atoms with E-state index in [2.05, 4.69) is 27.1 Å². The lowest BCUT2D eigenvalue weighted by Crippen LogP contribution is -2.25. The smallest absolute Gasteiger partial charge is 0.354 e. The fourth-order valence-electron chi connectivity index (χ4n) is 4.18. The average molecular weight is 553 g/mol. The predicted molar refractivity (Wildman–Crippen MR) is 143 cm³/mol. The number of hydrogen-bond acceptors (Lipinski definition) is 4. The lowest BCUT2D eigenvalue weighted by Gasteiger charge is -2.15. The Morgan fingerprint density at radius 1 is 1.00 bits per heavy atom. The Morgan fingerprint density at radius 3 is 2.40 bits per heavy atom. The molecule has 0 bridgehead atoms. The monoisotopic (exact) mass is 552 g/mol. The zero-order chi connectivity index (χ0) is 28.9. The topological polar surface area (TPSA) is 110 Å². The van der Waals surface area contributed by atoms with Crippen molar-refractivity contribution in [2.45, 2.75) is 19.0 Å². The molecule has 0 aliphatic carbocycles. The molecule has 2 amide bonds. The number of carbonyl (C=O) groups excluding carboxylic acids is 2. The van der Waals surface area contributed by atoms with E-state index in [4.69, 9.17) is 5.73 Å². The van der Waals surface area contributed by atoms with E-state index >= 15 is 4.39 Å². The van der Waals surface area contributed by atoms with E-state index in [1.54, 1.807) is 30.3 Å². The molecule has 1 aromatic heterocycles. The Labute approximate surface area is 227 Å². The Hall–Kier alpha value is -4.69. The highest BCUT2D eigenvalue weighted by Crippen LogP contribution is 2.41. The van der Waals surface area contributed by atoms with Gasteiger partial charge in [-0.15, -0.1) is 0 Å². The molecule has 0 radical (unpaired) electrons. The van der Waals surface area contributed by atoms with Gasteiger partial charge in [-0.2, -0.15) is 13.2 Å². The summed E-state index contributed by atoms with van der Waals surface area (Å²) < 4.78 is 57.6. The molecule has 7 nitrogen and oxygen atoms in total. The normalized spacial score (nSPS) is 11.2. The quantitative estimate of drug-likeness (QED) is 0.179. The van der Waals surface area contributed by atoms with Gasteiger partial charge in [-0.3, -0.25) is 9.59 Å². The van der Waals surface area contributed by atoms with Crippen LogP contribution in [0.5, 0.6) is 0 Å². The number of amides is 2. The standard InChI is InChI=1S/C29H25F4N5O2/c1-35-27(39)22-16-37-25-15-23(29(31,32)33)20(14-21(25)26(22)38-18-7-3-2-4-8-18)17-9-10-19(24(30)13-17)28(40)36-12-6-5-11-34/h2-4,7-10,13-15H,5-6,11-12,34H2,1H3,(H2,35,36,39,40)/p+1. The number of alkyl halides is 3. The third-order valence-electron chi connectivity index (χ3n) is 6.19. The molecule has 206 valence electrons. The highest BCUT2D eigenvalue weighted by molar-refractivity contribution is 6.07. The molecule has 0 spiro atoms. The van der Waals surface area contributed by atoms with E-state index in [-0.39, 0.29) is 45.4 Å². The Bertz CT molecular complexity index is 1540. The van der Waals surface area contributed by atoms with Crippen LogP contribution >= 0.6 is 0 Å². The molecule has 4 aromatic rings. The van der Waals surface area contributed by atoms with E-state index in [9.17, 15) is 22.8 Å². The molecular weight excluding hydrogens is 526 g/mol. The number of para-hydroxylation sites is 1. The van der Waals surface area contributed by atoms with Crippen molar-refractivity contribution in [2.75, 3.05) is 25.5 Å². The number of nitrogens with zero attached hydrogens (tertiary/aromatic N) is 1. The lowest BCUT2D eigenvalue weighted by molar-refractivity contribution is -0.258. The maximum Gasteiger partial charge on any atom is 0.417 e. The van der Waals surface area contributed by atoms with Crippen LogP contribution in [0.25, 0.3) is 22.0 Å². The zero-order valence-corrected chi connectivity index (χ0v) is 21.5. The number of rotatable bonds is 9. The first kappa shape index (κ1) is 28.3. The van der Waals surface area contributed by atoms with Crippen molar-refractivity contribution in [3.05, 3.63) is 89.4 Å². The second kappa shape index (κ2) is 12.0. The van der Waals surface area contributed by atoms with Gasteiger partial charge in [0.05, 0.1) is 22.2 Å². The first-order valence-electron chi connectivity index (χ1n) is 12.4. The number of carbonyl (C=O) groups is 2. The van der Waals surface area contributed by atoms with Gasteiger partial charge >= 0.3 is 17.9 Å². The summed E-state index contributed by atoms with van der Waals surface area (Å²) in [7, 11) is 1.41. The molecule has 0 saturated carbocycles. The van der Waals surface area contributed by atoms with Crippen LogP contribution in [0, 0.1) is 12.0 Å². The Morgan fingerprint density at radius 2 is 1.75 bits per heavy atom. The van der Waals surface area contributed by atoms with Gasteiger partial charge in [0.2, 0.25) is 0 Å². The molecule has 0 atom stereocenters. The fraction of sp³-hybridized carbons (Fsp3) is 0.207. The molecule has 1 heterocycles. The van der Waals surface area contributed by atoms with Gasteiger partial charge in [-0.05, 0) is 65.8 Å². The van der Waals surface area contributed by atoms with Crippen LogP contribution in [0.4, 0.5) is 28.9 Å². The molecule has 4 rings (SSSR count). The van der Waals surface area contributed by atoms with Crippen molar-refractivity contribution in [3.8, 4) is 11.1 Å². The highest BCUT2D eigenvalue weighted by Gasteiger charge is 2.36. The zero-order valence-electron chi connectivity index (χ0n) is 21.5. The second-order valence-corrected chi connectivity index (χ2v) is 8.90. The Kier molecular flexibility index (Phi) is 8.50. The number of fused-ring (bicyclic) bond motifs is 1. The second-order valence-electron chi connectivity index (χ2n) is 8.90. The molecule has 0 unspecified atom stereocenters. The number of unbranched alkanes of at least 4 members (excludes halogenated alkanes) is 1. The van der Waals surface area contributed by atoms with E-state index in [1.165, 1.54) is 19.2 Å². The minimum absolute atomic E-state index is 0.0163. The van der Waals surface area contributed by atoms with Crippen LogP contribution in [0.15, 0.2) is 60.7 Å². The summed E-state index contributed by atoms with van der Waals surface area (Å²) in [4.78, 5) is 29.0. The highest BCUT2D eigenvalue weighted by atomic mass is 19.4. The maximum absolute atomic E-state index is 15.0. The summed E-state index contributed by atoms with van der Waals surface area (Å²) in [6.07, 6.45) is -0.985. The van der Waals surface area contributed by atoms with E-state index < -0.39 is 29.4 Å². The number of anilines is 2. The Balaban J connectivity index is 1.86. The van der Waals surface area contributed by atoms with E-state index in [0.717, 1.165) is 18.2 Å². The summed E-state index contributed by atoms with van der Waals surface area (Å²) in [5, 5.41) is 8.32. The van der Waals surface area contributed by atoms with Crippen molar-refractivity contribution < 1.29 is 32.1 Å². The summed E-state index contributed by atoms with van der Waals surface area (Å²) in [5.74, 6) is -2.21. The van der Waals surface area contributed by atoms with Gasteiger partial charge in [0, 0.05) is 25.3 Å². The van der Waals surface area contributed by atoms with Crippen molar-refractivity contribution in [2.24, 2.45) is 5.73 Å². The largest absolute Gasteiger partial charge is 0.417 e. The van der Waals surface area contributed by atoms with Crippen LogP contribution in [-0.4, -0.2) is 32.0 Å². The number of hydrogen-bond donors (Lipinski definition) is 4. The third-order valence-corrected chi connectivity index (χ3v) is 6.19. The minimum atomic E-state index is -4.81. The molecule has 40 heavy (non-hydrogen) atoms. The molecule has 3 aromatic carbocycles. The first-order valence-corrected chi connectivity index (χ1v) is 12.4. The summed E-state index contributed by atoms with van der Waals surface area (Å²) in [6, 6.07) is 14.1. The summed E-state index contributed by atoms with van der Waals surface area (Å²) >= 11 is 0. The summed E-state index contributed by atoms with van der Waals surface area (Å²) in [5.41, 5.74) is 4.28. The van der Waals surface area contributed by atoms with Gasteiger partial charge in [-0.25, -0.2) is 4.39 Å². The maximum atomic E-state index is 15.0. The van der Waals surface area contributed by atoms with Gasteiger partial charge in [0.1, 0.15) is 5.82 Å². The molecule has 0 aliphatic heterocycles. The van der Waals surface area contributed by atoms with Crippen LogP contribution in [0.1, 0.15) is 39.1 Å². The minimum Gasteiger partial charge on any atom is -0.354 e. The van der Waals surface area contributed by atoms with Crippen molar-refractivity contribution in [1.82, 2.24) is 10.6 Å². The molecule has 5 N–H and O–H groups in total. The predicted octanol–water partition coefficient (Wildman–Crippen LogP) is 4.64. The number of nitrogens with one attached hydrogen (secondary N) is 3. The molecule has 0 fully saturated rings. The van der Waals surface area contributed by atoms with Gasteiger partial charge in [0.25, 0.3) is 11.8 Å². The molecular formula is C29H26F4N5O2+. The van der Waals surface area contributed by atoms with Crippen LogP contribution in [-0.2, 0) is 6.18 Å².